The van der Waals surface area contributed by atoms with E-state index in [-0.39, 0.29) is 25.2 Å². The lowest BCUT2D eigenvalue weighted by molar-refractivity contribution is -0.114. The molecule has 3 rings (SSSR count). The Morgan fingerprint density at radius 1 is 0.900 bits per heavy atom. The van der Waals surface area contributed by atoms with E-state index in [1.54, 1.807) is 24.3 Å². The third-order valence-electron chi connectivity index (χ3n) is 4.55. The van der Waals surface area contributed by atoms with Gasteiger partial charge in [-0.2, -0.15) is 0 Å². The molecule has 0 aliphatic carbocycles. The zero-order valence-electron chi connectivity index (χ0n) is 17.2. The molecule has 0 spiro atoms. The highest BCUT2D eigenvalue weighted by Crippen LogP contribution is 2.26. The minimum absolute atomic E-state index is 0.106. The molecule has 0 aromatic heterocycles. The van der Waals surface area contributed by atoms with Crippen LogP contribution in [-0.2, 0) is 9.53 Å². The molecule has 0 fully saturated rings. The molecule has 0 heterocycles. The molecule has 30 heavy (non-hydrogen) atoms. The Labute approximate surface area is 177 Å². The number of aryl methyl sites for hydroxylation is 1. The normalized spacial score (nSPS) is 12.8. The van der Waals surface area contributed by atoms with Gasteiger partial charge >= 0.3 is 0 Å². The average molecular weight is 405 g/mol. The Kier molecular flexibility index (Phi) is 7.60. The van der Waals surface area contributed by atoms with Gasteiger partial charge in [0.15, 0.2) is 0 Å². The van der Waals surface area contributed by atoms with E-state index in [4.69, 9.17) is 9.47 Å². The SMILES string of the molecule is CC(=O)Nc1ccc(OC[C@@H](O)CO[C@H](c2ccccc2)c2ccc(C)cc2)cc1. The van der Waals surface area contributed by atoms with E-state index in [2.05, 4.69) is 17.4 Å². The molecule has 5 nitrogen and oxygen atoms in total. The quantitative estimate of drug-likeness (QED) is 0.550. The molecule has 0 unspecified atom stereocenters. The molecule has 2 N–H and O–H groups in total. The predicted molar refractivity (Wildman–Crippen MR) is 118 cm³/mol. The number of aliphatic hydroxyl groups excluding tert-OH is 1. The standard InChI is InChI=1S/C25H27NO4/c1-18-8-10-21(11-9-18)25(20-6-4-3-5-7-20)30-17-23(28)16-29-24-14-12-22(13-15-24)26-19(2)27/h3-15,23,25,28H,16-17H2,1-2H3,(H,26,27)/t23-,25-/m1/s1. The number of carbonyl (C=O) groups excluding carboxylic acids is 1. The molecule has 5 heteroatoms. The first kappa shape index (κ1) is 21.6. The van der Waals surface area contributed by atoms with Crippen molar-refractivity contribution in [2.75, 3.05) is 18.5 Å². The summed E-state index contributed by atoms with van der Waals surface area (Å²) in [6.07, 6.45) is -1.05. The fourth-order valence-electron chi connectivity index (χ4n) is 3.04. The number of hydrogen-bond donors (Lipinski definition) is 2. The van der Waals surface area contributed by atoms with Crippen LogP contribution >= 0.6 is 0 Å². The lowest BCUT2D eigenvalue weighted by atomic mass is 10.0. The Bertz CT molecular complexity index is 924. The van der Waals surface area contributed by atoms with Crippen molar-refractivity contribution in [2.24, 2.45) is 0 Å². The molecule has 0 saturated carbocycles. The maximum Gasteiger partial charge on any atom is 0.221 e. The summed E-state index contributed by atoms with van der Waals surface area (Å²) in [5, 5.41) is 13.1. The molecule has 156 valence electrons. The summed E-state index contributed by atoms with van der Waals surface area (Å²) in [4.78, 5) is 11.1. The second kappa shape index (κ2) is 10.6. The molecular formula is C25H27NO4. The van der Waals surface area contributed by atoms with Crippen LogP contribution < -0.4 is 10.1 Å². The zero-order chi connectivity index (χ0) is 21.3. The summed E-state index contributed by atoms with van der Waals surface area (Å²) in [7, 11) is 0. The second-order valence-corrected chi connectivity index (χ2v) is 7.21. The minimum atomic E-state index is -0.781. The van der Waals surface area contributed by atoms with Gasteiger partial charge < -0.3 is 19.9 Å². The van der Waals surface area contributed by atoms with Crippen molar-refractivity contribution >= 4 is 11.6 Å². The lowest BCUT2D eigenvalue weighted by Gasteiger charge is -2.21. The maximum absolute atomic E-state index is 11.1. The van der Waals surface area contributed by atoms with E-state index < -0.39 is 6.10 Å². The highest BCUT2D eigenvalue weighted by Gasteiger charge is 2.17. The Hall–Kier alpha value is -3.15. The Morgan fingerprint density at radius 2 is 1.53 bits per heavy atom. The molecule has 1 amide bonds. The van der Waals surface area contributed by atoms with E-state index in [1.165, 1.54) is 12.5 Å². The number of nitrogens with one attached hydrogen (secondary N) is 1. The predicted octanol–water partition coefficient (Wildman–Crippen LogP) is 4.50. The summed E-state index contributed by atoms with van der Waals surface area (Å²) in [5.74, 6) is 0.485. The van der Waals surface area contributed by atoms with Crippen molar-refractivity contribution in [1.82, 2.24) is 0 Å². The van der Waals surface area contributed by atoms with Gasteiger partial charge in [-0.05, 0) is 42.3 Å². The number of carbonyl (C=O) groups is 1. The number of benzene rings is 3. The lowest BCUT2D eigenvalue weighted by Crippen LogP contribution is -2.25. The van der Waals surface area contributed by atoms with Crippen molar-refractivity contribution in [2.45, 2.75) is 26.1 Å². The first-order valence-corrected chi connectivity index (χ1v) is 9.93. The third-order valence-corrected chi connectivity index (χ3v) is 4.55. The van der Waals surface area contributed by atoms with Crippen molar-refractivity contribution in [3.05, 3.63) is 95.6 Å². The summed E-state index contributed by atoms with van der Waals surface area (Å²) in [6.45, 7) is 3.75. The van der Waals surface area contributed by atoms with Crippen LogP contribution in [0.5, 0.6) is 5.75 Å². The zero-order valence-corrected chi connectivity index (χ0v) is 17.2. The number of rotatable bonds is 9. The molecule has 0 saturated heterocycles. The molecule has 0 aliphatic heterocycles. The Morgan fingerprint density at radius 3 is 2.17 bits per heavy atom. The summed E-state index contributed by atoms with van der Waals surface area (Å²) in [6, 6.07) is 25.2. The maximum atomic E-state index is 11.1. The van der Waals surface area contributed by atoms with E-state index in [9.17, 15) is 9.90 Å². The summed E-state index contributed by atoms with van der Waals surface area (Å²) < 4.78 is 11.7. The number of hydrogen-bond acceptors (Lipinski definition) is 4. The molecule has 0 radical (unpaired) electrons. The molecule has 0 bridgehead atoms. The number of anilines is 1. The Balaban J connectivity index is 1.57. The largest absolute Gasteiger partial charge is 0.491 e. The average Bonchev–Trinajstić information content (AvgIpc) is 2.75. The molecule has 3 aromatic rings. The van der Waals surface area contributed by atoms with Gasteiger partial charge in [-0.15, -0.1) is 0 Å². The van der Waals surface area contributed by atoms with Crippen molar-refractivity contribution < 1.29 is 19.4 Å². The van der Waals surface area contributed by atoms with Crippen LogP contribution in [0.2, 0.25) is 0 Å². The van der Waals surface area contributed by atoms with Crippen molar-refractivity contribution in [3.63, 3.8) is 0 Å². The van der Waals surface area contributed by atoms with Gasteiger partial charge in [-0.25, -0.2) is 0 Å². The third kappa shape index (κ3) is 6.44. The van der Waals surface area contributed by atoms with E-state index in [1.807, 2.05) is 49.4 Å². The molecule has 2 atom stereocenters. The second-order valence-electron chi connectivity index (χ2n) is 7.21. The minimum Gasteiger partial charge on any atom is -0.491 e. The number of amides is 1. The summed E-state index contributed by atoms with van der Waals surface area (Å²) >= 11 is 0. The van der Waals surface area contributed by atoms with Crippen LogP contribution in [0.1, 0.15) is 29.7 Å². The van der Waals surface area contributed by atoms with Gasteiger partial charge in [-0.3, -0.25) is 4.79 Å². The highest BCUT2D eigenvalue weighted by molar-refractivity contribution is 5.88. The van der Waals surface area contributed by atoms with E-state index in [0.717, 1.165) is 11.1 Å². The fraction of sp³-hybridized carbons (Fsp3) is 0.240. The molecule has 0 aliphatic rings. The van der Waals surface area contributed by atoms with Gasteiger partial charge in [0.2, 0.25) is 5.91 Å². The van der Waals surface area contributed by atoms with Crippen LogP contribution in [-0.4, -0.2) is 30.3 Å². The van der Waals surface area contributed by atoms with Crippen LogP contribution in [0.4, 0.5) is 5.69 Å². The van der Waals surface area contributed by atoms with Crippen molar-refractivity contribution in [3.8, 4) is 5.75 Å². The van der Waals surface area contributed by atoms with Gasteiger partial charge in [0.05, 0.1) is 6.61 Å². The van der Waals surface area contributed by atoms with Crippen LogP contribution in [0.15, 0.2) is 78.9 Å². The smallest absolute Gasteiger partial charge is 0.221 e. The van der Waals surface area contributed by atoms with Gasteiger partial charge in [-0.1, -0.05) is 60.2 Å². The molecule has 3 aromatic carbocycles. The topological polar surface area (TPSA) is 67.8 Å². The van der Waals surface area contributed by atoms with E-state index in [0.29, 0.717) is 11.4 Å². The molecular weight excluding hydrogens is 378 g/mol. The van der Waals surface area contributed by atoms with Crippen molar-refractivity contribution in [1.29, 1.82) is 0 Å². The van der Waals surface area contributed by atoms with Gasteiger partial charge in [0.1, 0.15) is 24.6 Å². The van der Waals surface area contributed by atoms with Crippen LogP contribution in [0, 0.1) is 6.92 Å². The number of ether oxygens (including phenoxy) is 2. The van der Waals surface area contributed by atoms with Gasteiger partial charge in [0.25, 0.3) is 0 Å². The summed E-state index contributed by atoms with van der Waals surface area (Å²) in [5.41, 5.74) is 3.95. The van der Waals surface area contributed by atoms with Gasteiger partial charge in [0, 0.05) is 12.6 Å². The highest BCUT2D eigenvalue weighted by atomic mass is 16.5. The first-order chi connectivity index (χ1) is 14.5. The van der Waals surface area contributed by atoms with Crippen LogP contribution in [0.3, 0.4) is 0 Å². The first-order valence-electron chi connectivity index (χ1n) is 9.93. The van der Waals surface area contributed by atoms with Crippen LogP contribution in [0.25, 0.3) is 0 Å². The monoisotopic (exact) mass is 405 g/mol. The fourth-order valence-corrected chi connectivity index (χ4v) is 3.04. The van der Waals surface area contributed by atoms with E-state index >= 15 is 0 Å². The number of aliphatic hydroxyl groups is 1.